The standard InChI is InChI=1S/C14H16FNOS/c1-3-10(8-17)13-9(2)16-14(18-13)11-5-4-6-12(15)7-11/h4-7,10,17H,3,8H2,1-2H3. The lowest BCUT2D eigenvalue weighted by molar-refractivity contribution is 0.263. The number of aliphatic hydroxyl groups excluding tert-OH is 1. The number of nitrogens with zero attached hydrogens (tertiary/aromatic N) is 1. The summed E-state index contributed by atoms with van der Waals surface area (Å²) in [6.07, 6.45) is 0.877. The van der Waals surface area contributed by atoms with Crippen LogP contribution in [0.25, 0.3) is 10.6 Å². The molecule has 0 saturated carbocycles. The van der Waals surface area contributed by atoms with Crippen molar-refractivity contribution in [3.05, 3.63) is 40.7 Å². The second kappa shape index (κ2) is 5.59. The predicted octanol–water partition coefficient (Wildman–Crippen LogP) is 3.74. The number of aromatic nitrogens is 1. The Balaban J connectivity index is 2.39. The number of aryl methyl sites for hydroxylation is 1. The molecule has 0 aliphatic rings. The van der Waals surface area contributed by atoms with Gasteiger partial charge in [0.25, 0.3) is 0 Å². The highest BCUT2D eigenvalue weighted by Gasteiger charge is 2.17. The van der Waals surface area contributed by atoms with Gasteiger partial charge in [0.15, 0.2) is 0 Å². The van der Waals surface area contributed by atoms with Crippen LogP contribution < -0.4 is 0 Å². The average molecular weight is 265 g/mol. The van der Waals surface area contributed by atoms with Gasteiger partial charge in [0, 0.05) is 16.4 Å². The molecule has 0 amide bonds. The van der Waals surface area contributed by atoms with Gasteiger partial charge in [-0.1, -0.05) is 19.1 Å². The molecule has 0 fully saturated rings. The van der Waals surface area contributed by atoms with Crippen LogP contribution in [0.4, 0.5) is 4.39 Å². The highest BCUT2D eigenvalue weighted by Crippen LogP contribution is 2.34. The second-order valence-electron chi connectivity index (χ2n) is 4.27. The number of aliphatic hydroxyl groups is 1. The lowest BCUT2D eigenvalue weighted by Crippen LogP contribution is -2.01. The third-order valence-corrected chi connectivity index (χ3v) is 4.36. The molecule has 1 heterocycles. The van der Waals surface area contributed by atoms with E-state index in [2.05, 4.69) is 4.98 Å². The molecule has 1 N–H and O–H groups in total. The Kier molecular flexibility index (Phi) is 4.09. The van der Waals surface area contributed by atoms with Gasteiger partial charge in [-0.25, -0.2) is 9.37 Å². The molecule has 2 rings (SSSR count). The summed E-state index contributed by atoms with van der Waals surface area (Å²) in [7, 11) is 0. The summed E-state index contributed by atoms with van der Waals surface area (Å²) in [5, 5.41) is 10.2. The Hall–Kier alpha value is -1.26. The molecule has 0 aliphatic carbocycles. The molecule has 4 heteroatoms. The molecule has 0 bridgehead atoms. The summed E-state index contributed by atoms with van der Waals surface area (Å²) in [5.41, 5.74) is 1.72. The van der Waals surface area contributed by atoms with E-state index in [-0.39, 0.29) is 18.3 Å². The first-order chi connectivity index (χ1) is 8.65. The van der Waals surface area contributed by atoms with Crippen molar-refractivity contribution in [1.29, 1.82) is 0 Å². The van der Waals surface area contributed by atoms with E-state index in [1.807, 2.05) is 19.9 Å². The molecule has 1 unspecified atom stereocenters. The molecule has 1 aromatic carbocycles. The molecule has 1 aromatic heterocycles. The molecule has 0 aliphatic heterocycles. The number of benzene rings is 1. The van der Waals surface area contributed by atoms with Gasteiger partial charge in [-0.05, 0) is 25.5 Å². The number of rotatable bonds is 4. The zero-order valence-corrected chi connectivity index (χ0v) is 11.3. The largest absolute Gasteiger partial charge is 0.396 e. The highest BCUT2D eigenvalue weighted by molar-refractivity contribution is 7.15. The molecule has 0 spiro atoms. The Morgan fingerprint density at radius 2 is 2.22 bits per heavy atom. The van der Waals surface area contributed by atoms with E-state index in [0.29, 0.717) is 0 Å². The summed E-state index contributed by atoms with van der Waals surface area (Å²) >= 11 is 1.54. The smallest absolute Gasteiger partial charge is 0.123 e. The monoisotopic (exact) mass is 265 g/mol. The van der Waals surface area contributed by atoms with E-state index in [0.717, 1.165) is 27.6 Å². The Labute approximate surface area is 110 Å². The third-order valence-electron chi connectivity index (χ3n) is 2.99. The fraction of sp³-hybridized carbons (Fsp3) is 0.357. The van der Waals surface area contributed by atoms with E-state index in [1.54, 1.807) is 17.4 Å². The molecular formula is C14H16FNOS. The van der Waals surface area contributed by atoms with Gasteiger partial charge >= 0.3 is 0 Å². The first kappa shape index (κ1) is 13.2. The number of halogens is 1. The second-order valence-corrected chi connectivity index (χ2v) is 5.30. The molecule has 0 radical (unpaired) electrons. The molecule has 0 saturated heterocycles. The van der Waals surface area contributed by atoms with E-state index in [1.165, 1.54) is 12.1 Å². The van der Waals surface area contributed by atoms with Crippen LogP contribution in [-0.2, 0) is 0 Å². The fourth-order valence-electron chi connectivity index (χ4n) is 1.93. The molecule has 2 nitrogen and oxygen atoms in total. The van der Waals surface area contributed by atoms with Crippen molar-refractivity contribution in [3.63, 3.8) is 0 Å². The van der Waals surface area contributed by atoms with E-state index in [4.69, 9.17) is 0 Å². The summed E-state index contributed by atoms with van der Waals surface area (Å²) in [6.45, 7) is 4.11. The number of hydrogen-bond acceptors (Lipinski definition) is 3. The highest BCUT2D eigenvalue weighted by atomic mass is 32.1. The lowest BCUT2D eigenvalue weighted by Gasteiger charge is -2.08. The minimum Gasteiger partial charge on any atom is -0.396 e. The number of hydrogen-bond donors (Lipinski definition) is 1. The Morgan fingerprint density at radius 3 is 2.83 bits per heavy atom. The molecule has 96 valence electrons. The van der Waals surface area contributed by atoms with Gasteiger partial charge in [0.1, 0.15) is 10.8 Å². The topological polar surface area (TPSA) is 33.1 Å². The van der Waals surface area contributed by atoms with Crippen LogP contribution >= 0.6 is 11.3 Å². The minimum atomic E-state index is -0.254. The van der Waals surface area contributed by atoms with Crippen molar-refractivity contribution < 1.29 is 9.50 Å². The van der Waals surface area contributed by atoms with Gasteiger partial charge in [-0.2, -0.15) is 0 Å². The maximum atomic E-state index is 13.2. The number of thiazole rings is 1. The maximum Gasteiger partial charge on any atom is 0.123 e. The van der Waals surface area contributed by atoms with Crippen molar-refractivity contribution in [2.24, 2.45) is 0 Å². The van der Waals surface area contributed by atoms with Crippen molar-refractivity contribution in [3.8, 4) is 10.6 Å². The van der Waals surface area contributed by atoms with Crippen molar-refractivity contribution >= 4 is 11.3 Å². The first-order valence-corrected chi connectivity index (χ1v) is 6.81. The molecule has 18 heavy (non-hydrogen) atoms. The van der Waals surface area contributed by atoms with Gasteiger partial charge in [-0.15, -0.1) is 11.3 Å². The Morgan fingerprint density at radius 1 is 1.44 bits per heavy atom. The average Bonchev–Trinajstić information content (AvgIpc) is 2.74. The Bertz CT molecular complexity index is 534. The van der Waals surface area contributed by atoms with Crippen molar-refractivity contribution in [2.75, 3.05) is 6.61 Å². The summed E-state index contributed by atoms with van der Waals surface area (Å²) in [6, 6.07) is 6.45. The zero-order chi connectivity index (χ0) is 13.1. The van der Waals surface area contributed by atoms with E-state index in [9.17, 15) is 9.50 Å². The minimum absolute atomic E-state index is 0.127. The van der Waals surface area contributed by atoms with Gasteiger partial charge < -0.3 is 5.11 Å². The lowest BCUT2D eigenvalue weighted by atomic mass is 10.1. The van der Waals surface area contributed by atoms with Gasteiger partial charge in [0.05, 0.1) is 12.3 Å². The normalized spacial score (nSPS) is 12.7. The summed E-state index contributed by atoms with van der Waals surface area (Å²) in [4.78, 5) is 5.58. The summed E-state index contributed by atoms with van der Waals surface area (Å²) < 4.78 is 13.2. The molecule has 2 aromatic rings. The summed E-state index contributed by atoms with van der Waals surface area (Å²) in [5.74, 6) is -0.124. The zero-order valence-electron chi connectivity index (χ0n) is 10.5. The van der Waals surface area contributed by atoms with E-state index < -0.39 is 0 Å². The SMILES string of the molecule is CCC(CO)c1sc(-c2cccc(F)c2)nc1C. The molecule has 1 atom stereocenters. The van der Waals surface area contributed by atoms with Gasteiger partial charge in [0.2, 0.25) is 0 Å². The van der Waals surface area contributed by atoms with Gasteiger partial charge in [-0.3, -0.25) is 0 Å². The predicted molar refractivity (Wildman–Crippen MR) is 72.4 cm³/mol. The van der Waals surface area contributed by atoms with Crippen LogP contribution in [-0.4, -0.2) is 16.7 Å². The third kappa shape index (κ3) is 2.60. The quantitative estimate of drug-likeness (QED) is 0.913. The fourth-order valence-corrected chi connectivity index (χ4v) is 3.17. The van der Waals surface area contributed by atoms with Crippen LogP contribution in [0.15, 0.2) is 24.3 Å². The van der Waals surface area contributed by atoms with Crippen LogP contribution in [0.1, 0.15) is 29.8 Å². The van der Waals surface area contributed by atoms with Crippen LogP contribution in [0, 0.1) is 12.7 Å². The van der Waals surface area contributed by atoms with Crippen LogP contribution in [0.2, 0.25) is 0 Å². The van der Waals surface area contributed by atoms with Crippen molar-refractivity contribution in [2.45, 2.75) is 26.2 Å². The van der Waals surface area contributed by atoms with Crippen LogP contribution in [0.5, 0.6) is 0 Å². The maximum absolute atomic E-state index is 13.2. The van der Waals surface area contributed by atoms with Crippen molar-refractivity contribution in [1.82, 2.24) is 4.98 Å². The van der Waals surface area contributed by atoms with Crippen LogP contribution in [0.3, 0.4) is 0 Å². The van der Waals surface area contributed by atoms with E-state index >= 15 is 0 Å². The molecular weight excluding hydrogens is 249 g/mol. The first-order valence-electron chi connectivity index (χ1n) is 5.99.